The molecule has 2 aromatic carbocycles. The van der Waals surface area contributed by atoms with Crippen molar-refractivity contribution in [2.24, 2.45) is 0 Å². The number of allylic oxidation sites excluding steroid dienone is 1. The molecule has 3 rings (SSSR count). The molecule has 150 valence electrons. The van der Waals surface area contributed by atoms with Crippen LogP contribution in [0.25, 0.3) is 17.3 Å². The van der Waals surface area contributed by atoms with E-state index in [2.05, 4.69) is 39.8 Å². The number of anilines is 1. The van der Waals surface area contributed by atoms with Crippen LogP contribution < -0.4 is 15.2 Å². The summed E-state index contributed by atoms with van der Waals surface area (Å²) >= 11 is 2.15. The van der Waals surface area contributed by atoms with Crippen molar-refractivity contribution >= 4 is 40.1 Å². The highest BCUT2D eigenvalue weighted by Gasteiger charge is 2.20. The van der Waals surface area contributed by atoms with Gasteiger partial charge in [0.2, 0.25) is 0 Å². The maximum atomic E-state index is 9.79. The average Bonchev–Trinajstić information content (AvgIpc) is 3.10. The van der Waals surface area contributed by atoms with Gasteiger partial charge in [0.05, 0.1) is 28.5 Å². The Morgan fingerprint density at radius 1 is 1.27 bits per heavy atom. The molecule has 0 saturated heterocycles. The fraction of sp³-hybridized carbons (Fsp3) is 0.136. The SMILES string of the molecule is CCOc1c(I)cc(C=C(C#N)c2nn(-c3ccccc3)c(N)c2C#N)cc1OC. The van der Waals surface area contributed by atoms with Gasteiger partial charge in [0, 0.05) is 0 Å². The minimum atomic E-state index is 0.152. The first kappa shape index (κ1) is 21.2. The Hall–Kier alpha value is -3.50. The third-order valence-corrected chi connectivity index (χ3v) is 5.06. The third-order valence-electron chi connectivity index (χ3n) is 4.26. The normalized spacial score (nSPS) is 10.9. The van der Waals surface area contributed by atoms with Gasteiger partial charge in [0.25, 0.3) is 0 Å². The second kappa shape index (κ2) is 9.33. The molecular formula is C22H18IN5O2. The average molecular weight is 511 g/mol. The number of nitriles is 2. The zero-order valence-corrected chi connectivity index (χ0v) is 18.5. The van der Waals surface area contributed by atoms with E-state index < -0.39 is 0 Å². The molecule has 0 fully saturated rings. The molecule has 1 aromatic heterocycles. The predicted octanol–water partition coefficient (Wildman–Crippen LogP) is 4.40. The zero-order valence-electron chi connectivity index (χ0n) is 16.4. The van der Waals surface area contributed by atoms with Crippen molar-refractivity contribution in [1.82, 2.24) is 9.78 Å². The number of nitrogen functional groups attached to an aromatic ring is 1. The molecular weight excluding hydrogens is 493 g/mol. The van der Waals surface area contributed by atoms with E-state index in [1.807, 2.05) is 43.3 Å². The Balaban J connectivity index is 2.14. The van der Waals surface area contributed by atoms with Gasteiger partial charge in [0.1, 0.15) is 29.2 Å². The van der Waals surface area contributed by atoms with Crippen molar-refractivity contribution in [3.63, 3.8) is 0 Å². The van der Waals surface area contributed by atoms with Crippen LogP contribution in [-0.2, 0) is 0 Å². The number of aromatic nitrogens is 2. The van der Waals surface area contributed by atoms with Crippen LogP contribution in [0.1, 0.15) is 23.7 Å². The number of hydrogen-bond donors (Lipinski definition) is 1. The van der Waals surface area contributed by atoms with E-state index in [-0.39, 0.29) is 22.6 Å². The quantitative estimate of drug-likeness (QED) is 0.388. The van der Waals surface area contributed by atoms with E-state index in [4.69, 9.17) is 15.2 Å². The van der Waals surface area contributed by atoms with Crippen LogP contribution in [-0.4, -0.2) is 23.5 Å². The second-order valence-electron chi connectivity index (χ2n) is 6.10. The maximum absolute atomic E-state index is 9.79. The van der Waals surface area contributed by atoms with E-state index in [0.717, 1.165) is 3.57 Å². The first-order valence-electron chi connectivity index (χ1n) is 9.00. The van der Waals surface area contributed by atoms with Crippen molar-refractivity contribution in [1.29, 1.82) is 10.5 Å². The fourth-order valence-corrected chi connectivity index (χ4v) is 3.70. The molecule has 0 aliphatic carbocycles. The summed E-state index contributed by atoms with van der Waals surface area (Å²) in [6, 6.07) is 17.1. The first-order chi connectivity index (χ1) is 14.5. The van der Waals surface area contributed by atoms with Crippen LogP contribution in [0.3, 0.4) is 0 Å². The molecule has 0 atom stereocenters. The Kier molecular flexibility index (Phi) is 6.60. The van der Waals surface area contributed by atoms with Crippen LogP contribution in [0, 0.1) is 26.2 Å². The van der Waals surface area contributed by atoms with E-state index in [1.54, 1.807) is 19.3 Å². The molecule has 0 saturated carbocycles. The topological polar surface area (TPSA) is 110 Å². The van der Waals surface area contributed by atoms with Crippen molar-refractivity contribution in [2.45, 2.75) is 6.92 Å². The van der Waals surface area contributed by atoms with Crippen molar-refractivity contribution in [3.8, 4) is 29.3 Å². The van der Waals surface area contributed by atoms with Crippen LogP contribution >= 0.6 is 22.6 Å². The van der Waals surface area contributed by atoms with Crippen LogP contribution in [0.4, 0.5) is 5.82 Å². The number of nitrogens with two attached hydrogens (primary N) is 1. The molecule has 7 nitrogen and oxygen atoms in total. The smallest absolute Gasteiger partial charge is 0.174 e. The number of halogens is 1. The first-order valence-corrected chi connectivity index (χ1v) is 10.1. The van der Waals surface area contributed by atoms with Crippen LogP contribution in [0.15, 0.2) is 42.5 Å². The highest BCUT2D eigenvalue weighted by atomic mass is 127. The minimum absolute atomic E-state index is 0.152. The highest BCUT2D eigenvalue weighted by Crippen LogP contribution is 2.35. The predicted molar refractivity (Wildman–Crippen MR) is 123 cm³/mol. The largest absolute Gasteiger partial charge is 0.493 e. The molecule has 0 aliphatic heterocycles. The lowest BCUT2D eigenvalue weighted by molar-refractivity contribution is 0.308. The summed E-state index contributed by atoms with van der Waals surface area (Å²) in [5.74, 6) is 1.38. The number of ether oxygens (including phenoxy) is 2. The Labute approximate surface area is 188 Å². The molecule has 0 spiro atoms. The second-order valence-corrected chi connectivity index (χ2v) is 7.27. The number of para-hydroxylation sites is 1. The molecule has 30 heavy (non-hydrogen) atoms. The number of hydrogen-bond acceptors (Lipinski definition) is 6. The van der Waals surface area contributed by atoms with E-state index in [0.29, 0.717) is 29.4 Å². The number of methoxy groups -OCH3 is 1. The number of rotatable bonds is 6. The lowest BCUT2D eigenvalue weighted by Crippen LogP contribution is -2.02. The van der Waals surface area contributed by atoms with Crippen molar-refractivity contribution < 1.29 is 9.47 Å². The van der Waals surface area contributed by atoms with Gasteiger partial charge in [-0.2, -0.15) is 15.6 Å². The van der Waals surface area contributed by atoms with Gasteiger partial charge in [-0.3, -0.25) is 0 Å². The van der Waals surface area contributed by atoms with Crippen molar-refractivity contribution in [3.05, 3.63) is 62.9 Å². The van der Waals surface area contributed by atoms with Gasteiger partial charge >= 0.3 is 0 Å². The van der Waals surface area contributed by atoms with Crippen LogP contribution in [0.2, 0.25) is 0 Å². The lowest BCUT2D eigenvalue weighted by atomic mass is 10.1. The van der Waals surface area contributed by atoms with Gasteiger partial charge in [-0.25, -0.2) is 4.68 Å². The summed E-state index contributed by atoms with van der Waals surface area (Å²) in [5, 5.41) is 23.9. The molecule has 0 bridgehead atoms. The maximum Gasteiger partial charge on any atom is 0.174 e. The Morgan fingerprint density at radius 2 is 2.00 bits per heavy atom. The molecule has 2 N–H and O–H groups in total. The van der Waals surface area contributed by atoms with Crippen molar-refractivity contribution in [2.75, 3.05) is 19.5 Å². The zero-order chi connectivity index (χ0) is 21.7. The molecule has 0 radical (unpaired) electrons. The number of nitrogens with zero attached hydrogens (tertiary/aromatic N) is 4. The fourth-order valence-electron chi connectivity index (χ4n) is 2.92. The van der Waals surface area contributed by atoms with E-state index in [9.17, 15) is 10.5 Å². The molecule has 8 heteroatoms. The van der Waals surface area contributed by atoms with Gasteiger partial charge in [-0.1, -0.05) is 18.2 Å². The van der Waals surface area contributed by atoms with E-state index in [1.165, 1.54) is 4.68 Å². The summed E-state index contributed by atoms with van der Waals surface area (Å²) in [7, 11) is 1.56. The summed E-state index contributed by atoms with van der Waals surface area (Å²) in [5.41, 5.74) is 8.17. The standard InChI is InChI=1S/C22H18IN5O2/c1-3-30-21-18(23)10-14(11-19(21)29-2)9-15(12-24)20-17(13-25)22(26)28(27-20)16-7-5-4-6-8-16/h4-11H,3,26H2,1-2H3. The Morgan fingerprint density at radius 3 is 2.60 bits per heavy atom. The van der Waals surface area contributed by atoms with Gasteiger partial charge < -0.3 is 15.2 Å². The molecule has 0 aliphatic rings. The summed E-state index contributed by atoms with van der Waals surface area (Å²) in [6.07, 6.45) is 1.65. The van der Waals surface area contributed by atoms with Gasteiger partial charge in [-0.05, 0) is 65.4 Å². The van der Waals surface area contributed by atoms with Gasteiger partial charge in [-0.15, -0.1) is 0 Å². The Bertz CT molecular complexity index is 1190. The van der Waals surface area contributed by atoms with Crippen LogP contribution in [0.5, 0.6) is 11.5 Å². The summed E-state index contributed by atoms with van der Waals surface area (Å²) < 4.78 is 13.4. The molecule has 1 heterocycles. The monoisotopic (exact) mass is 511 g/mol. The summed E-state index contributed by atoms with van der Waals surface area (Å²) in [6.45, 7) is 2.40. The van der Waals surface area contributed by atoms with Gasteiger partial charge in [0.15, 0.2) is 11.5 Å². The minimum Gasteiger partial charge on any atom is -0.493 e. The lowest BCUT2D eigenvalue weighted by Gasteiger charge is -2.12. The summed E-state index contributed by atoms with van der Waals surface area (Å²) in [4.78, 5) is 0. The number of benzene rings is 2. The molecule has 0 amide bonds. The highest BCUT2D eigenvalue weighted by molar-refractivity contribution is 14.1. The molecule has 3 aromatic rings. The van der Waals surface area contributed by atoms with E-state index >= 15 is 0 Å². The molecule has 0 unspecified atom stereocenters. The third kappa shape index (κ3) is 4.09.